The maximum atomic E-state index is 13.8. The highest BCUT2D eigenvalue weighted by molar-refractivity contribution is 7.88. The molecule has 13 nitrogen and oxygen atoms in total. The van der Waals surface area contributed by atoms with Crippen LogP contribution in [0.2, 0.25) is 0 Å². The molecule has 1 amide bonds. The third kappa shape index (κ3) is 11.4. The van der Waals surface area contributed by atoms with E-state index in [1.54, 1.807) is 29.2 Å². The van der Waals surface area contributed by atoms with E-state index < -0.39 is 76.9 Å². The molecule has 0 spiro atoms. The van der Waals surface area contributed by atoms with Crippen molar-refractivity contribution < 1.29 is 57.1 Å². The number of hydrogen-bond donors (Lipinski definition) is 5. The number of carbonyl (C=O) groups excluding carboxylic acids is 3. The molecule has 1 aliphatic heterocycles. The van der Waals surface area contributed by atoms with E-state index in [4.69, 9.17) is 9.47 Å². The van der Waals surface area contributed by atoms with E-state index in [0.717, 1.165) is 24.3 Å². The number of β-lactam (4-membered cyclic amide) rings is 1. The van der Waals surface area contributed by atoms with Gasteiger partial charge in [-0.25, -0.2) is 17.5 Å². The number of carbonyl (C=O) groups is 3. The molecule has 0 radical (unpaired) electrons. The van der Waals surface area contributed by atoms with E-state index in [1.807, 2.05) is 24.3 Å². The predicted molar refractivity (Wildman–Crippen MR) is 197 cm³/mol. The van der Waals surface area contributed by atoms with E-state index in [9.17, 15) is 47.6 Å². The lowest BCUT2D eigenvalue weighted by molar-refractivity contribution is -0.170. The van der Waals surface area contributed by atoms with Crippen molar-refractivity contribution in [3.05, 3.63) is 101 Å². The second-order valence-electron chi connectivity index (χ2n) is 13.7. The highest BCUT2D eigenvalue weighted by Crippen LogP contribution is 2.47. The Morgan fingerprint density at radius 3 is 2.07 bits per heavy atom. The highest BCUT2D eigenvalue weighted by Gasteiger charge is 2.48. The Balaban J connectivity index is 1.54. The van der Waals surface area contributed by atoms with Crippen LogP contribution in [0.5, 0.6) is 0 Å². The lowest BCUT2D eigenvalue weighted by Gasteiger charge is -2.48. The van der Waals surface area contributed by atoms with Gasteiger partial charge in [-0.3, -0.25) is 14.4 Å². The van der Waals surface area contributed by atoms with Crippen molar-refractivity contribution in [3.8, 4) is 0 Å². The number of ether oxygens (including phenoxy) is 2. The van der Waals surface area contributed by atoms with Gasteiger partial charge >= 0.3 is 11.9 Å². The minimum Gasteiger partial charge on any atom is -0.458 e. The fourth-order valence-electron chi connectivity index (χ4n) is 6.68. The summed E-state index contributed by atoms with van der Waals surface area (Å²) in [6.07, 6.45) is -0.709. The number of amides is 1. The summed E-state index contributed by atoms with van der Waals surface area (Å²) in [4.78, 5) is 39.0. The molecular formula is C39H49FN2O11S. The van der Waals surface area contributed by atoms with E-state index in [2.05, 4.69) is 4.72 Å². The Kier molecular flexibility index (Phi) is 14.8. The molecule has 15 heteroatoms. The van der Waals surface area contributed by atoms with Crippen LogP contribution in [0.4, 0.5) is 10.1 Å². The van der Waals surface area contributed by atoms with Gasteiger partial charge in [0.25, 0.3) is 0 Å². The van der Waals surface area contributed by atoms with Crippen LogP contribution in [0, 0.1) is 11.7 Å². The molecule has 294 valence electrons. The first-order valence-corrected chi connectivity index (χ1v) is 19.6. The second kappa shape index (κ2) is 18.9. The number of aliphatic hydroxyl groups is 4. The summed E-state index contributed by atoms with van der Waals surface area (Å²) in [7, 11) is -3.29. The van der Waals surface area contributed by atoms with Gasteiger partial charge in [0, 0.05) is 26.1 Å². The van der Waals surface area contributed by atoms with Crippen molar-refractivity contribution in [3.63, 3.8) is 0 Å². The van der Waals surface area contributed by atoms with Crippen molar-refractivity contribution in [1.29, 1.82) is 0 Å². The molecule has 1 aliphatic rings. The number of aryl methyl sites for hydroxylation is 1. The molecule has 0 aliphatic carbocycles. The fourth-order valence-corrected chi connectivity index (χ4v) is 7.20. The zero-order valence-electron chi connectivity index (χ0n) is 30.6. The monoisotopic (exact) mass is 772 g/mol. The third-order valence-corrected chi connectivity index (χ3v) is 10.3. The molecular weight excluding hydrogens is 723 g/mol. The van der Waals surface area contributed by atoms with Crippen LogP contribution in [-0.2, 0) is 40.3 Å². The second-order valence-corrected chi connectivity index (χ2v) is 15.6. The van der Waals surface area contributed by atoms with Gasteiger partial charge in [-0.1, -0.05) is 48.5 Å². The van der Waals surface area contributed by atoms with Gasteiger partial charge in [0.05, 0.1) is 37.5 Å². The molecule has 5 atom stereocenters. The summed E-state index contributed by atoms with van der Waals surface area (Å²) < 4.78 is 49.5. The molecule has 0 saturated carbocycles. The average molecular weight is 773 g/mol. The number of benzene rings is 3. The number of anilines is 1. The zero-order valence-corrected chi connectivity index (χ0v) is 31.4. The van der Waals surface area contributed by atoms with Crippen molar-refractivity contribution in [2.75, 3.05) is 30.9 Å². The molecule has 3 aromatic carbocycles. The van der Waals surface area contributed by atoms with Crippen LogP contribution in [-0.4, -0.2) is 84.4 Å². The van der Waals surface area contributed by atoms with Crippen LogP contribution in [0.25, 0.3) is 0 Å². The van der Waals surface area contributed by atoms with E-state index in [-0.39, 0.29) is 25.2 Å². The molecule has 0 aromatic heterocycles. The van der Waals surface area contributed by atoms with E-state index in [0.29, 0.717) is 42.6 Å². The first-order valence-electron chi connectivity index (χ1n) is 17.7. The standard InChI is InChI=1S/C39H49FN2O11S/c1-25(45)52-35(28-12-14-31(40)15-13-28)19-18-33-36(42(38(33)49)32-16-6-27(7-17-32)5-4-22-41-54(3,50)51)29-8-10-30(11-9-29)37(48)34(47)20-21-39(23-43,24-44)53-26(2)46/h6-17,33-37,41,43-44,47-48H,4-5,18-24H2,1-3H3/t33?,34?,35-,36+,37?/m0/s1. The van der Waals surface area contributed by atoms with Crippen molar-refractivity contribution in [1.82, 2.24) is 4.72 Å². The number of hydrogen-bond acceptors (Lipinski definition) is 11. The summed E-state index contributed by atoms with van der Waals surface area (Å²) >= 11 is 0. The Morgan fingerprint density at radius 2 is 1.52 bits per heavy atom. The topological polar surface area (TPSA) is 200 Å². The molecule has 54 heavy (non-hydrogen) atoms. The van der Waals surface area contributed by atoms with Crippen LogP contribution >= 0.6 is 0 Å². The number of nitrogens with one attached hydrogen (secondary N) is 1. The largest absolute Gasteiger partial charge is 0.458 e. The van der Waals surface area contributed by atoms with Gasteiger partial charge in [-0.05, 0) is 85.0 Å². The molecule has 5 N–H and O–H groups in total. The zero-order chi connectivity index (χ0) is 39.6. The quantitative estimate of drug-likeness (QED) is 0.0639. The van der Waals surface area contributed by atoms with Crippen LogP contribution in [0.15, 0.2) is 72.8 Å². The first kappa shape index (κ1) is 42.5. The minimum absolute atomic E-state index is 0.105. The Morgan fingerprint density at radius 1 is 0.907 bits per heavy atom. The molecule has 1 heterocycles. The fraction of sp³-hybridized carbons (Fsp3) is 0.462. The Labute approximate surface area is 314 Å². The lowest BCUT2D eigenvalue weighted by Crippen LogP contribution is -2.55. The molecule has 1 fully saturated rings. The summed E-state index contributed by atoms with van der Waals surface area (Å²) in [5.41, 5.74) is 1.68. The maximum Gasteiger partial charge on any atom is 0.303 e. The van der Waals surface area contributed by atoms with Crippen LogP contribution < -0.4 is 9.62 Å². The summed E-state index contributed by atoms with van der Waals surface area (Å²) in [6, 6.07) is 19.3. The van der Waals surface area contributed by atoms with Crippen LogP contribution in [0.3, 0.4) is 0 Å². The normalized spacial score (nSPS) is 17.7. The first-order chi connectivity index (χ1) is 25.6. The van der Waals surface area contributed by atoms with Crippen molar-refractivity contribution in [2.24, 2.45) is 5.92 Å². The number of halogens is 1. The summed E-state index contributed by atoms with van der Waals surface area (Å²) in [5.74, 6) is -2.35. The maximum absolute atomic E-state index is 13.8. The molecule has 3 aromatic rings. The van der Waals surface area contributed by atoms with E-state index in [1.165, 1.54) is 31.2 Å². The van der Waals surface area contributed by atoms with Crippen LogP contribution in [0.1, 0.15) is 86.5 Å². The average Bonchev–Trinajstić information content (AvgIpc) is 3.13. The van der Waals surface area contributed by atoms with Gasteiger partial charge in [-0.15, -0.1) is 0 Å². The number of aliphatic hydroxyl groups excluding tert-OH is 4. The smallest absolute Gasteiger partial charge is 0.303 e. The lowest BCUT2D eigenvalue weighted by atomic mass is 9.78. The number of rotatable bonds is 20. The number of nitrogens with zero attached hydrogens (tertiary/aromatic N) is 1. The predicted octanol–water partition coefficient (Wildman–Crippen LogP) is 3.56. The summed E-state index contributed by atoms with van der Waals surface area (Å²) in [5, 5.41) is 41.2. The Hall–Kier alpha value is -4.25. The van der Waals surface area contributed by atoms with E-state index >= 15 is 0 Å². The minimum atomic E-state index is -3.29. The van der Waals surface area contributed by atoms with Gasteiger partial charge < -0.3 is 34.8 Å². The Bertz CT molecular complexity index is 1820. The van der Waals surface area contributed by atoms with Crippen molar-refractivity contribution >= 4 is 33.6 Å². The van der Waals surface area contributed by atoms with Crippen molar-refractivity contribution in [2.45, 2.75) is 82.3 Å². The SMILES string of the molecule is CC(=O)O[C@@H](CCC1C(=O)N(c2ccc(CCCNS(C)(=O)=O)cc2)[C@@H]1c1ccc(C(O)C(O)CCC(CO)(CO)OC(C)=O)cc1)c1ccc(F)cc1. The highest BCUT2D eigenvalue weighted by atomic mass is 32.2. The summed E-state index contributed by atoms with van der Waals surface area (Å²) in [6.45, 7) is 1.37. The third-order valence-electron chi connectivity index (χ3n) is 9.54. The van der Waals surface area contributed by atoms with Gasteiger partial charge in [0.15, 0.2) is 5.60 Å². The van der Waals surface area contributed by atoms with Gasteiger partial charge in [-0.2, -0.15) is 0 Å². The molecule has 0 bridgehead atoms. The number of sulfonamides is 1. The molecule has 4 rings (SSSR count). The molecule has 3 unspecified atom stereocenters. The molecule has 1 saturated heterocycles. The van der Waals surface area contributed by atoms with Gasteiger partial charge in [0.2, 0.25) is 15.9 Å². The number of esters is 2. The van der Waals surface area contributed by atoms with Gasteiger partial charge in [0.1, 0.15) is 18.0 Å².